The number of hydrogen-bond acceptors (Lipinski definition) is 2. The maximum atomic E-state index is 11.1. The molecule has 1 heterocycles. The van der Waals surface area contributed by atoms with Crippen molar-refractivity contribution in [3.63, 3.8) is 0 Å². The second-order valence-corrected chi connectivity index (χ2v) is 2.46. The number of carbonyl (C=O) groups excluding carboxylic acids is 1. The third kappa shape index (κ3) is 2.47. The van der Waals surface area contributed by atoms with Crippen molar-refractivity contribution in [1.29, 1.82) is 0 Å². The SMILES string of the molecule is Cc1ncccc1C(=O)CCl.Cl. The van der Waals surface area contributed by atoms with Gasteiger partial charge < -0.3 is 0 Å². The fourth-order valence-corrected chi connectivity index (χ4v) is 0.995. The maximum Gasteiger partial charge on any atom is 0.179 e. The zero-order valence-electron chi connectivity index (χ0n) is 6.58. The number of ketones is 1. The van der Waals surface area contributed by atoms with Gasteiger partial charge in [-0.15, -0.1) is 24.0 Å². The highest BCUT2D eigenvalue weighted by atomic mass is 35.5. The summed E-state index contributed by atoms with van der Waals surface area (Å²) in [6.45, 7) is 1.79. The molecule has 0 unspecified atom stereocenters. The van der Waals surface area contributed by atoms with Crippen LogP contribution in [0, 0.1) is 6.92 Å². The van der Waals surface area contributed by atoms with E-state index >= 15 is 0 Å². The van der Waals surface area contributed by atoms with Crippen molar-refractivity contribution >= 4 is 29.8 Å². The second kappa shape index (κ2) is 5.12. The summed E-state index contributed by atoms with van der Waals surface area (Å²) in [7, 11) is 0. The Kier molecular flexibility index (Phi) is 4.86. The fourth-order valence-electron chi connectivity index (χ4n) is 0.851. The van der Waals surface area contributed by atoms with E-state index in [2.05, 4.69) is 4.98 Å². The van der Waals surface area contributed by atoms with Crippen molar-refractivity contribution in [2.45, 2.75) is 6.92 Å². The van der Waals surface area contributed by atoms with Gasteiger partial charge in [0.2, 0.25) is 0 Å². The molecule has 12 heavy (non-hydrogen) atoms. The van der Waals surface area contributed by atoms with Crippen molar-refractivity contribution in [2.75, 3.05) is 5.88 Å². The third-order valence-electron chi connectivity index (χ3n) is 1.43. The van der Waals surface area contributed by atoms with E-state index in [0.29, 0.717) is 5.56 Å². The van der Waals surface area contributed by atoms with Crippen LogP contribution >= 0.6 is 24.0 Å². The molecule has 0 saturated heterocycles. The molecule has 0 aliphatic carbocycles. The summed E-state index contributed by atoms with van der Waals surface area (Å²) in [5.41, 5.74) is 1.35. The highest BCUT2D eigenvalue weighted by Crippen LogP contribution is 2.04. The van der Waals surface area contributed by atoms with Crippen LogP contribution in [0.3, 0.4) is 0 Å². The molecule has 1 aromatic heterocycles. The maximum absolute atomic E-state index is 11.1. The average molecular weight is 206 g/mol. The number of aryl methyl sites for hydroxylation is 1. The molecular weight excluding hydrogens is 197 g/mol. The Morgan fingerprint density at radius 2 is 2.33 bits per heavy atom. The molecule has 0 aliphatic rings. The molecule has 1 rings (SSSR count). The quantitative estimate of drug-likeness (QED) is 0.548. The van der Waals surface area contributed by atoms with Gasteiger partial charge in [0.15, 0.2) is 5.78 Å². The van der Waals surface area contributed by atoms with Crippen LogP contribution in [0.15, 0.2) is 18.3 Å². The predicted octanol–water partition coefficient (Wildman–Crippen LogP) is 2.23. The highest BCUT2D eigenvalue weighted by Gasteiger charge is 2.06. The number of rotatable bonds is 2. The first-order chi connectivity index (χ1) is 5.25. The standard InChI is InChI=1S/C8H8ClNO.ClH/c1-6-7(8(11)5-9)3-2-4-10-6;/h2-4H,5H2,1H3;1H. The van der Waals surface area contributed by atoms with Gasteiger partial charge in [-0.1, -0.05) is 0 Å². The monoisotopic (exact) mass is 205 g/mol. The number of nitrogens with zero attached hydrogens (tertiary/aromatic N) is 1. The van der Waals surface area contributed by atoms with Gasteiger partial charge in [0.25, 0.3) is 0 Å². The Morgan fingerprint density at radius 3 is 2.83 bits per heavy atom. The van der Waals surface area contributed by atoms with E-state index in [9.17, 15) is 4.79 Å². The van der Waals surface area contributed by atoms with Gasteiger partial charge in [-0.25, -0.2) is 0 Å². The Labute approximate surface area is 82.4 Å². The first-order valence-corrected chi connectivity index (χ1v) is 3.80. The largest absolute Gasteiger partial charge is 0.293 e. The first-order valence-electron chi connectivity index (χ1n) is 3.26. The van der Waals surface area contributed by atoms with Crippen molar-refractivity contribution in [2.24, 2.45) is 0 Å². The summed E-state index contributed by atoms with van der Waals surface area (Å²) < 4.78 is 0. The third-order valence-corrected chi connectivity index (χ3v) is 1.67. The van der Waals surface area contributed by atoms with Gasteiger partial charge in [0.05, 0.1) is 5.88 Å². The lowest BCUT2D eigenvalue weighted by Crippen LogP contribution is -2.03. The second-order valence-electron chi connectivity index (χ2n) is 2.19. The molecular formula is C8H9Cl2NO. The molecule has 1 aromatic rings. The van der Waals surface area contributed by atoms with Crippen LogP contribution < -0.4 is 0 Å². The Morgan fingerprint density at radius 1 is 1.67 bits per heavy atom. The number of pyridine rings is 1. The molecule has 0 amide bonds. The Balaban J connectivity index is 0.00000121. The minimum Gasteiger partial charge on any atom is -0.293 e. The highest BCUT2D eigenvalue weighted by molar-refractivity contribution is 6.30. The number of aromatic nitrogens is 1. The van der Waals surface area contributed by atoms with Crippen LogP contribution in [0.2, 0.25) is 0 Å². The summed E-state index contributed by atoms with van der Waals surface area (Å²) in [6, 6.07) is 3.46. The van der Waals surface area contributed by atoms with Crippen LogP contribution in [-0.2, 0) is 0 Å². The van der Waals surface area contributed by atoms with Gasteiger partial charge >= 0.3 is 0 Å². The van der Waals surface area contributed by atoms with Gasteiger partial charge in [0, 0.05) is 17.5 Å². The lowest BCUT2D eigenvalue weighted by Gasteiger charge is -1.98. The molecule has 0 aromatic carbocycles. The summed E-state index contributed by atoms with van der Waals surface area (Å²) >= 11 is 5.38. The van der Waals surface area contributed by atoms with Crippen LogP contribution in [0.4, 0.5) is 0 Å². The lowest BCUT2D eigenvalue weighted by molar-refractivity contribution is 0.102. The summed E-state index contributed by atoms with van der Waals surface area (Å²) in [5, 5.41) is 0. The Hall–Kier alpha value is -0.600. The number of halogens is 2. The molecule has 0 spiro atoms. The molecule has 2 nitrogen and oxygen atoms in total. The van der Waals surface area contributed by atoms with E-state index in [1.165, 1.54) is 0 Å². The fraction of sp³-hybridized carbons (Fsp3) is 0.250. The van der Waals surface area contributed by atoms with E-state index in [-0.39, 0.29) is 24.1 Å². The van der Waals surface area contributed by atoms with Crippen LogP contribution in [0.25, 0.3) is 0 Å². The number of hydrogen-bond donors (Lipinski definition) is 0. The minimum absolute atomic E-state index is 0. The molecule has 4 heteroatoms. The average Bonchev–Trinajstić information content (AvgIpc) is 2.04. The Bertz CT molecular complexity index is 276. The van der Waals surface area contributed by atoms with E-state index in [1.54, 1.807) is 25.3 Å². The molecule has 0 aliphatic heterocycles. The van der Waals surface area contributed by atoms with Crippen LogP contribution in [-0.4, -0.2) is 16.6 Å². The smallest absolute Gasteiger partial charge is 0.179 e. The van der Waals surface area contributed by atoms with E-state index in [1.807, 2.05) is 0 Å². The number of alkyl halides is 1. The van der Waals surface area contributed by atoms with E-state index in [4.69, 9.17) is 11.6 Å². The van der Waals surface area contributed by atoms with Crippen molar-refractivity contribution < 1.29 is 4.79 Å². The van der Waals surface area contributed by atoms with Crippen molar-refractivity contribution in [3.8, 4) is 0 Å². The lowest BCUT2D eigenvalue weighted by atomic mass is 10.1. The van der Waals surface area contributed by atoms with Crippen LogP contribution in [0.1, 0.15) is 16.1 Å². The summed E-state index contributed by atoms with van der Waals surface area (Å²) in [5.74, 6) is -0.0516. The minimum atomic E-state index is -0.0720. The topological polar surface area (TPSA) is 30.0 Å². The van der Waals surface area contributed by atoms with Crippen LogP contribution in [0.5, 0.6) is 0 Å². The van der Waals surface area contributed by atoms with Crippen molar-refractivity contribution in [3.05, 3.63) is 29.6 Å². The number of carbonyl (C=O) groups is 1. The molecule has 0 bridgehead atoms. The van der Waals surface area contributed by atoms with Crippen molar-refractivity contribution in [1.82, 2.24) is 4.98 Å². The normalized spacial score (nSPS) is 8.83. The zero-order valence-corrected chi connectivity index (χ0v) is 8.15. The first kappa shape index (κ1) is 11.4. The van der Waals surface area contributed by atoms with Gasteiger partial charge in [-0.3, -0.25) is 9.78 Å². The van der Waals surface area contributed by atoms with Gasteiger partial charge in [0.1, 0.15) is 0 Å². The number of Topliss-reactive ketones (excluding diaryl/α,β-unsaturated/α-hetero) is 1. The van der Waals surface area contributed by atoms with E-state index < -0.39 is 0 Å². The van der Waals surface area contributed by atoms with Gasteiger partial charge in [-0.05, 0) is 19.1 Å². The van der Waals surface area contributed by atoms with E-state index in [0.717, 1.165) is 5.69 Å². The molecule has 0 atom stereocenters. The molecule has 0 radical (unpaired) electrons. The molecule has 66 valence electrons. The molecule has 0 fully saturated rings. The molecule has 0 N–H and O–H groups in total. The zero-order chi connectivity index (χ0) is 8.27. The molecule has 0 saturated carbocycles. The predicted molar refractivity (Wildman–Crippen MR) is 51.3 cm³/mol. The summed E-state index contributed by atoms with van der Waals surface area (Å²) in [6.07, 6.45) is 1.65. The summed E-state index contributed by atoms with van der Waals surface area (Å²) in [4.78, 5) is 15.0. The van der Waals surface area contributed by atoms with Gasteiger partial charge in [-0.2, -0.15) is 0 Å².